The minimum absolute atomic E-state index is 0.0260. The third-order valence-electron chi connectivity index (χ3n) is 2.01. The van der Waals surface area contributed by atoms with E-state index in [1.54, 1.807) is 13.0 Å². The van der Waals surface area contributed by atoms with Gasteiger partial charge in [-0.3, -0.25) is 0 Å². The van der Waals surface area contributed by atoms with E-state index in [1.165, 1.54) is 12.1 Å². The summed E-state index contributed by atoms with van der Waals surface area (Å²) in [5.74, 6) is 0.277. The van der Waals surface area contributed by atoms with E-state index in [1.807, 2.05) is 0 Å². The van der Waals surface area contributed by atoms with Crippen LogP contribution in [-0.4, -0.2) is 21.6 Å². The highest BCUT2D eigenvalue weighted by atomic mass is 79.9. The highest BCUT2D eigenvalue weighted by Gasteiger charge is 2.19. The van der Waals surface area contributed by atoms with Gasteiger partial charge in [-0.2, -0.15) is 0 Å². The third kappa shape index (κ3) is 4.01. The van der Waals surface area contributed by atoms with Gasteiger partial charge in [0.05, 0.1) is 6.61 Å². The number of sulfonamides is 1. The Labute approximate surface area is 115 Å². The smallest absolute Gasteiger partial charge is 0.244 e. The molecule has 1 aromatic rings. The molecule has 0 fully saturated rings. The molecule has 0 unspecified atom stereocenters. The zero-order chi connectivity index (χ0) is 13.8. The molecular formula is C11H15BrN2O3S. The normalized spacial score (nSPS) is 11.2. The number of rotatable bonds is 6. The van der Waals surface area contributed by atoms with Crippen molar-refractivity contribution in [3.05, 3.63) is 29.3 Å². The Balaban J connectivity index is 3.13. The van der Waals surface area contributed by atoms with Crippen molar-refractivity contribution in [3.8, 4) is 5.75 Å². The molecule has 0 radical (unpaired) electrons. The fourth-order valence-electron chi connectivity index (χ4n) is 1.26. The van der Waals surface area contributed by atoms with Crippen LogP contribution in [0.1, 0.15) is 6.92 Å². The quantitative estimate of drug-likeness (QED) is 0.778. The second kappa shape index (κ2) is 6.21. The van der Waals surface area contributed by atoms with Gasteiger partial charge in [-0.25, -0.2) is 13.1 Å². The maximum absolute atomic E-state index is 12.1. The van der Waals surface area contributed by atoms with Crippen molar-refractivity contribution in [2.45, 2.75) is 11.8 Å². The zero-order valence-corrected chi connectivity index (χ0v) is 12.3. The first kappa shape index (κ1) is 15.0. The number of ether oxygens (including phenoxy) is 1. The van der Waals surface area contributed by atoms with Gasteiger partial charge in [-0.15, -0.1) is 0 Å². The van der Waals surface area contributed by atoms with Gasteiger partial charge in [0.25, 0.3) is 0 Å². The van der Waals surface area contributed by atoms with Crippen LogP contribution in [0.3, 0.4) is 0 Å². The molecule has 0 aromatic heterocycles. The molecule has 0 saturated heterocycles. The van der Waals surface area contributed by atoms with Gasteiger partial charge in [-0.05, 0) is 25.1 Å². The number of hydrogen-bond acceptors (Lipinski definition) is 4. The van der Waals surface area contributed by atoms with Gasteiger partial charge in [0.2, 0.25) is 10.0 Å². The van der Waals surface area contributed by atoms with Crippen LogP contribution in [0.4, 0.5) is 5.69 Å². The molecular weight excluding hydrogens is 320 g/mol. The summed E-state index contributed by atoms with van der Waals surface area (Å²) in [6.07, 6.45) is 0. The molecule has 7 heteroatoms. The van der Waals surface area contributed by atoms with Gasteiger partial charge in [0.1, 0.15) is 10.6 Å². The average molecular weight is 335 g/mol. The summed E-state index contributed by atoms with van der Waals surface area (Å²) in [7, 11) is -3.68. The maximum Gasteiger partial charge on any atom is 0.244 e. The van der Waals surface area contributed by atoms with E-state index in [0.29, 0.717) is 16.8 Å². The summed E-state index contributed by atoms with van der Waals surface area (Å²) < 4.78 is 32.4. The Bertz CT molecular complexity index is 543. The Kier molecular flexibility index (Phi) is 5.18. The van der Waals surface area contributed by atoms with Crippen molar-refractivity contribution in [2.24, 2.45) is 0 Å². The highest BCUT2D eigenvalue weighted by molar-refractivity contribution is 9.11. The highest BCUT2D eigenvalue weighted by Crippen LogP contribution is 2.26. The molecule has 0 aliphatic rings. The fourth-order valence-corrected chi connectivity index (χ4v) is 2.79. The Hall–Kier alpha value is -1.05. The van der Waals surface area contributed by atoms with Crippen LogP contribution in [0.15, 0.2) is 34.2 Å². The lowest BCUT2D eigenvalue weighted by molar-refractivity contribution is 0.331. The molecule has 0 atom stereocenters. The summed E-state index contributed by atoms with van der Waals surface area (Å²) in [5, 5.41) is 0. The molecule has 0 spiro atoms. The van der Waals surface area contributed by atoms with Crippen LogP contribution in [0.2, 0.25) is 0 Å². The molecule has 1 aromatic carbocycles. The van der Waals surface area contributed by atoms with E-state index in [-0.39, 0.29) is 17.2 Å². The summed E-state index contributed by atoms with van der Waals surface area (Å²) in [6, 6.07) is 4.49. The molecule has 3 N–H and O–H groups in total. The van der Waals surface area contributed by atoms with Crippen LogP contribution in [0, 0.1) is 0 Å². The van der Waals surface area contributed by atoms with Crippen molar-refractivity contribution in [2.75, 3.05) is 18.9 Å². The lowest BCUT2D eigenvalue weighted by Gasteiger charge is -2.12. The molecule has 0 heterocycles. The standard InChI is InChI=1S/C11H15BrN2O3S/c1-3-17-10-5-4-9(13)6-11(10)18(15,16)14-7-8(2)12/h4-6,14H,2-3,7,13H2,1H3. The minimum atomic E-state index is -3.68. The topological polar surface area (TPSA) is 81.4 Å². The minimum Gasteiger partial charge on any atom is -0.492 e. The van der Waals surface area contributed by atoms with Crippen molar-refractivity contribution in [1.29, 1.82) is 0 Å². The molecule has 0 aliphatic carbocycles. The van der Waals surface area contributed by atoms with E-state index in [9.17, 15) is 8.42 Å². The summed E-state index contributed by atoms with van der Waals surface area (Å²) in [4.78, 5) is 0.0260. The number of nitrogens with two attached hydrogens (primary N) is 1. The van der Waals surface area contributed by atoms with Crippen LogP contribution < -0.4 is 15.2 Å². The molecule has 100 valence electrons. The van der Waals surface area contributed by atoms with Crippen LogP contribution in [-0.2, 0) is 10.0 Å². The Morgan fingerprint density at radius 2 is 2.22 bits per heavy atom. The number of nitrogens with one attached hydrogen (secondary N) is 1. The van der Waals surface area contributed by atoms with E-state index in [4.69, 9.17) is 10.5 Å². The first-order chi connectivity index (χ1) is 8.36. The largest absolute Gasteiger partial charge is 0.492 e. The van der Waals surface area contributed by atoms with Crippen LogP contribution >= 0.6 is 15.9 Å². The van der Waals surface area contributed by atoms with Gasteiger partial charge in [-0.1, -0.05) is 22.5 Å². The van der Waals surface area contributed by atoms with Crippen molar-refractivity contribution in [3.63, 3.8) is 0 Å². The van der Waals surface area contributed by atoms with Crippen LogP contribution in [0.5, 0.6) is 5.75 Å². The fraction of sp³-hybridized carbons (Fsp3) is 0.273. The van der Waals surface area contributed by atoms with E-state index in [2.05, 4.69) is 27.2 Å². The van der Waals surface area contributed by atoms with Crippen molar-refractivity contribution in [1.82, 2.24) is 4.72 Å². The first-order valence-corrected chi connectivity index (χ1v) is 7.49. The number of nitrogen functional groups attached to an aromatic ring is 1. The lowest BCUT2D eigenvalue weighted by Crippen LogP contribution is -2.25. The molecule has 1 rings (SSSR count). The second-order valence-electron chi connectivity index (χ2n) is 3.48. The van der Waals surface area contributed by atoms with Gasteiger partial charge < -0.3 is 10.5 Å². The predicted molar refractivity (Wildman–Crippen MR) is 75.3 cm³/mol. The first-order valence-electron chi connectivity index (χ1n) is 5.22. The second-order valence-corrected chi connectivity index (χ2v) is 6.34. The van der Waals surface area contributed by atoms with E-state index >= 15 is 0 Å². The monoisotopic (exact) mass is 334 g/mol. The van der Waals surface area contributed by atoms with Crippen molar-refractivity contribution >= 4 is 31.6 Å². The average Bonchev–Trinajstić information content (AvgIpc) is 2.29. The van der Waals surface area contributed by atoms with E-state index < -0.39 is 10.0 Å². The third-order valence-corrected chi connectivity index (χ3v) is 3.71. The Morgan fingerprint density at radius 3 is 2.78 bits per heavy atom. The zero-order valence-electron chi connectivity index (χ0n) is 9.94. The summed E-state index contributed by atoms with van der Waals surface area (Å²) in [6.45, 7) is 5.81. The molecule has 0 aliphatic heterocycles. The number of benzene rings is 1. The predicted octanol–water partition coefficient (Wildman–Crippen LogP) is 1.85. The molecule has 5 nitrogen and oxygen atoms in total. The SMILES string of the molecule is C=C(Br)CNS(=O)(=O)c1cc(N)ccc1OCC. The maximum atomic E-state index is 12.1. The lowest BCUT2D eigenvalue weighted by atomic mass is 10.3. The number of hydrogen-bond donors (Lipinski definition) is 2. The van der Waals surface area contributed by atoms with Gasteiger partial charge >= 0.3 is 0 Å². The van der Waals surface area contributed by atoms with Gasteiger partial charge in [0.15, 0.2) is 0 Å². The molecule has 0 bridgehead atoms. The summed E-state index contributed by atoms with van der Waals surface area (Å²) >= 11 is 3.09. The molecule has 0 amide bonds. The number of anilines is 1. The van der Waals surface area contributed by atoms with Gasteiger partial charge in [0, 0.05) is 16.7 Å². The summed E-state index contributed by atoms with van der Waals surface area (Å²) in [5.41, 5.74) is 5.96. The van der Waals surface area contributed by atoms with Crippen molar-refractivity contribution < 1.29 is 13.2 Å². The molecule has 18 heavy (non-hydrogen) atoms. The molecule has 0 saturated carbocycles. The van der Waals surface area contributed by atoms with Crippen LogP contribution in [0.25, 0.3) is 0 Å². The number of halogens is 1. The Morgan fingerprint density at radius 1 is 1.56 bits per heavy atom. The van der Waals surface area contributed by atoms with E-state index in [0.717, 1.165) is 0 Å².